The number of piperidine rings is 1. The van der Waals surface area contributed by atoms with E-state index < -0.39 is 0 Å². The highest BCUT2D eigenvalue weighted by Gasteiger charge is 2.16. The van der Waals surface area contributed by atoms with E-state index in [1.54, 1.807) is 0 Å². The van der Waals surface area contributed by atoms with Gasteiger partial charge in [0.1, 0.15) is 0 Å². The standard InChI is InChI=1S/C18H38N4/c1-6-19-18(21-16(4)9-7-8-15(2)3)20-14-17-10-12-22(5)13-11-17/h15-17H,6-14H2,1-5H3,(H2,19,20,21). The SMILES string of the molecule is CCNC(=NCC1CCN(C)CC1)NC(C)CCCC(C)C. The van der Waals surface area contributed by atoms with Gasteiger partial charge in [0.25, 0.3) is 0 Å². The Balaban J connectivity index is 2.34. The molecule has 2 N–H and O–H groups in total. The predicted molar refractivity (Wildman–Crippen MR) is 97.5 cm³/mol. The van der Waals surface area contributed by atoms with Crippen LogP contribution in [0.3, 0.4) is 0 Å². The van der Waals surface area contributed by atoms with Gasteiger partial charge in [-0.05, 0) is 65.1 Å². The smallest absolute Gasteiger partial charge is 0.191 e. The third-order valence-corrected chi connectivity index (χ3v) is 4.49. The van der Waals surface area contributed by atoms with Gasteiger partial charge in [-0.1, -0.05) is 26.7 Å². The van der Waals surface area contributed by atoms with E-state index in [9.17, 15) is 0 Å². The van der Waals surface area contributed by atoms with Gasteiger partial charge in [-0.25, -0.2) is 0 Å². The quantitative estimate of drug-likeness (QED) is 0.534. The molecule has 1 fully saturated rings. The Bertz CT molecular complexity index is 306. The first-order valence-electron chi connectivity index (χ1n) is 9.24. The molecule has 0 amide bonds. The number of guanidine groups is 1. The van der Waals surface area contributed by atoms with E-state index in [2.05, 4.69) is 50.3 Å². The fourth-order valence-corrected chi connectivity index (χ4v) is 2.92. The zero-order chi connectivity index (χ0) is 16.4. The molecule has 1 aliphatic rings. The largest absolute Gasteiger partial charge is 0.357 e. The molecule has 4 heteroatoms. The fourth-order valence-electron chi connectivity index (χ4n) is 2.92. The van der Waals surface area contributed by atoms with Crippen LogP contribution in [0.15, 0.2) is 4.99 Å². The van der Waals surface area contributed by atoms with Crippen LogP contribution in [0.5, 0.6) is 0 Å². The summed E-state index contributed by atoms with van der Waals surface area (Å²) in [7, 11) is 2.21. The Morgan fingerprint density at radius 1 is 1.18 bits per heavy atom. The van der Waals surface area contributed by atoms with E-state index in [1.807, 2.05) is 0 Å². The molecular weight excluding hydrogens is 272 g/mol. The summed E-state index contributed by atoms with van der Waals surface area (Å²) in [4.78, 5) is 7.24. The average Bonchev–Trinajstić information content (AvgIpc) is 2.46. The van der Waals surface area contributed by atoms with E-state index in [1.165, 1.54) is 45.2 Å². The highest BCUT2D eigenvalue weighted by Crippen LogP contribution is 2.16. The molecule has 0 spiro atoms. The average molecular weight is 311 g/mol. The molecule has 130 valence electrons. The minimum Gasteiger partial charge on any atom is -0.357 e. The van der Waals surface area contributed by atoms with E-state index in [0.717, 1.165) is 30.9 Å². The van der Waals surface area contributed by atoms with Crippen LogP contribution < -0.4 is 10.6 Å². The van der Waals surface area contributed by atoms with Crippen molar-refractivity contribution in [2.75, 3.05) is 33.2 Å². The van der Waals surface area contributed by atoms with Gasteiger partial charge in [-0.3, -0.25) is 4.99 Å². The Labute approximate surface area is 138 Å². The normalized spacial score (nSPS) is 19.5. The summed E-state index contributed by atoms with van der Waals surface area (Å²) in [6.45, 7) is 13.3. The minimum absolute atomic E-state index is 0.494. The molecule has 0 aliphatic carbocycles. The van der Waals surface area contributed by atoms with Crippen LogP contribution >= 0.6 is 0 Å². The molecule has 1 unspecified atom stereocenters. The van der Waals surface area contributed by atoms with Crippen LogP contribution in [-0.4, -0.2) is 50.1 Å². The van der Waals surface area contributed by atoms with Gasteiger partial charge in [-0.15, -0.1) is 0 Å². The molecule has 1 atom stereocenters. The number of hydrogen-bond acceptors (Lipinski definition) is 2. The van der Waals surface area contributed by atoms with E-state index >= 15 is 0 Å². The summed E-state index contributed by atoms with van der Waals surface area (Å²) < 4.78 is 0. The maximum atomic E-state index is 4.82. The highest BCUT2D eigenvalue weighted by atomic mass is 15.2. The van der Waals surface area contributed by atoms with Crippen LogP contribution in [0.4, 0.5) is 0 Å². The van der Waals surface area contributed by atoms with Crippen molar-refractivity contribution >= 4 is 5.96 Å². The third-order valence-electron chi connectivity index (χ3n) is 4.49. The Morgan fingerprint density at radius 3 is 2.45 bits per heavy atom. The van der Waals surface area contributed by atoms with E-state index in [-0.39, 0.29) is 0 Å². The van der Waals surface area contributed by atoms with Gasteiger partial charge in [-0.2, -0.15) is 0 Å². The summed E-state index contributed by atoms with van der Waals surface area (Å²) in [5.41, 5.74) is 0. The van der Waals surface area contributed by atoms with E-state index in [4.69, 9.17) is 4.99 Å². The number of nitrogens with one attached hydrogen (secondary N) is 2. The molecule has 0 bridgehead atoms. The Morgan fingerprint density at radius 2 is 1.86 bits per heavy atom. The van der Waals surface area contributed by atoms with Crippen molar-refractivity contribution in [3.05, 3.63) is 0 Å². The zero-order valence-electron chi connectivity index (χ0n) is 15.5. The van der Waals surface area contributed by atoms with E-state index in [0.29, 0.717) is 6.04 Å². The van der Waals surface area contributed by atoms with Crippen molar-refractivity contribution < 1.29 is 0 Å². The molecular formula is C18H38N4. The molecule has 4 nitrogen and oxygen atoms in total. The van der Waals surface area contributed by atoms with Crippen LogP contribution in [0.25, 0.3) is 0 Å². The minimum atomic E-state index is 0.494. The maximum Gasteiger partial charge on any atom is 0.191 e. The van der Waals surface area contributed by atoms with Crippen LogP contribution in [0.1, 0.15) is 59.8 Å². The maximum absolute atomic E-state index is 4.82. The topological polar surface area (TPSA) is 39.7 Å². The van der Waals surface area contributed by atoms with Gasteiger partial charge in [0.2, 0.25) is 0 Å². The van der Waals surface area contributed by atoms with Crippen molar-refractivity contribution in [3.63, 3.8) is 0 Å². The second-order valence-electron chi connectivity index (χ2n) is 7.34. The lowest BCUT2D eigenvalue weighted by Gasteiger charge is -2.28. The first-order chi connectivity index (χ1) is 10.5. The van der Waals surface area contributed by atoms with Gasteiger partial charge in [0, 0.05) is 19.1 Å². The Hall–Kier alpha value is -0.770. The van der Waals surface area contributed by atoms with Crippen molar-refractivity contribution in [2.45, 2.75) is 65.8 Å². The molecule has 0 radical (unpaired) electrons. The van der Waals surface area contributed by atoms with Crippen molar-refractivity contribution in [3.8, 4) is 0 Å². The van der Waals surface area contributed by atoms with Gasteiger partial charge < -0.3 is 15.5 Å². The molecule has 1 aliphatic heterocycles. The van der Waals surface area contributed by atoms with Crippen molar-refractivity contribution in [2.24, 2.45) is 16.8 Å². The summed E-state index contributed by atoms with van der Waals surface area (Å²) in [6.07, 6.45) is 6.39. The number of hydrogen-bond donors (Lipinski definition) is 2. The Kier molecular flexibility index (Phi) is 9.53. The summed E-state index contributed by atoms with van der Waals surface area (Å²) in [5, 5.41) is 6.96. The van der Waals surface area contributed by atoms with Crippen molar-refractivity contribution in [1.29, 1.82) is 0 Å². The number of likely N-dealkylation sites (tertiary alicyclic amines) is 1. The lowest BCUT2D eigenvalue weighted by molar-refractivity contribution is 0.223. The van der Waals surface area contributed by atoms with Gasteiger partial charge >= 0.3 is 0 Å². The second-order valence-corrected chi connectivity index (χ2v) is 7.34. The molecule has 1 saturated heterocycles. The monoisotopic (exact) mass is 310 g/mol. The van der Waals surface area contributed by atoms with Crippen LogP contribution in [0, 0.1) is 11.8 Å². The summed E-state index contributed by atoms with van der Waals surface area (Å²) >= 11 is 0. The number of nitrogens with zero attached hydrogens (tertiary/aromatic N) is 2. The van der Waals surface area contributed by atoms with Gasteiger partial charge in [0.05, 0.1) is 0 Å². The van der Waals surface area contributed by atoms with Gasteiger partial charge in [0.15, 0.2) is 5.96 Å². The lowest BCUT2D eigenvalue weighted by atomic mass is 9.97. The first-order valence-corrected chi connectivity index (χ1v) is 9.24. The molecule has 0 aromatic heterocycles. The molecule has 0 saturated carbocycles. The first kappa shape index (κ1) is 19.3. The lowest BCUT2D eigenvalue weighted by Crippen LogP contribution is -2.42. The molecule has 22 heavy (non-hydrogen) atoms. The highest BCUT2D eigenvalue weighted by molar-refractivity contribution is 5.80. The third kappa shape index (κ3) is 8.62. The fraction of sp³-hybridized carbons (Fsp3) is 0.944. The second kappa shape index (κ2) is 10.9. The number of aliphatic imine (C=N–C) groups is 1. The molecule has 0 aromatic rings. The predicted octanol–water partition coefficient (Wildman–Crippen LogP) is 3.10. The molecule has 0 aromatic carbocycles. The zero-order valence-corrected chi connectivity index (χ0v) is 15.5. The summed E-state index contributed by atoms with van der Waals surface area (Å²) in [6, 6.07) is 0.494. The molecule has 1 heterocycles. The van der Waals surface area contributed by atoms with Crippen molar-refractivity contribution in [1.82, 2.24) is 15.5 Å². The molecule has 1 rings (SSSR count). The summed E-state index contributed by atoms with van der Waals surface area (Å²) in [5.74, 6) is 2.56. The van der Waals surface area contributed by atoms with Crippen LogP contribution in [0.2, 0.25) is 0 Å². The number of rotatable bonds is 8. The van der Waals surface area contributed by atoms with Crippen LogP contribution in [-0.2, 0) is 0 Å².